The number of carbonyl (C=O) groups is 4. The predicted molar refractivity (Wildman–Crippen MR) is 156 cm³/mol. The summed E-state index contributed by atoms with van der Waals surface area (Å²) in [5.41, 5.74) is 1.79. The van der Waals surface area contributed by atoms with Crippen molar-refractivity contribution < 1.29 is 33.8 Å². The molecule has 3 aromatic rings. The number of thioether (sulfide) groups is 1. The number of carbonyl (C=O) groups excluding carboxylic acids is 3. The van der Waals surface area contributed by atoms with Crippen LogP contribution in [0.2, 0.25) is 5.02 Å². The molecule has 1 saturated heterocycles. The zero-order valence-corrected chi connectivity index (χ0v) is 24.0. The molecule has 12 heteroatoms. The van der Waals surface area contributed by atoms with Gasteiger partial charge in [0.15, 0.2) is 11.5 Å². The smallest absolute Gasteiger partial charge is 0.335 e. The summed E-state index contributed by atoms with van der Waals surface area (Å²) >= 11 is 8.85. The van der Waals surface area contributed by atoms with Gasteiger partial charge in [0.05, 0.1) is 31.9 Å². The van der Waals surface area contributed by atoms with Crippen molar-refractivity contribution in [1.29, 1.82) is 0 Å². The fourth-order valence-electron chi connectivity index (χ4n) is 3.60. The van der Waals surface area contributed by atoms with Gasteiger partial charge in [0.2, 0.25) is 5.91 Å². The Labute approximate surface area is 246 Å². The third-order valence-electron chi connectivity index (χ3n) is 5.43. The molecule has 2 N–H and O–H groups in total. The molecule has 200 valence electrons. The SMILES string of the molecule is COc1cc(/C=C2/SC(=O)N(CC(=O)Nc3ccccc3Cl)C2=O)cc(I)c1OCc1cccc(C(=O)O)c1. The lowest BCUT2D eigenvalue weighted by molar-refractivity contribution is -0.127. The van der Waals surface area contributed by atoms with E-state index in [1.54, 1.807) is 54.6 Å². The van der Waals surface area contributed by atoms with E-state index in [0.29, 0.717) is 36.9 Å². The van der Waals surface area contributed by atoms with Crippen molar-refractivity contribution in [2.45, 2.75) is 6.61 Å². The first kappa shape index (κ1) is 28.5. The van der Waals surface area contributed by atoms with E-state index in [1.807, 2.05) is 0 Å². The first-order chi connectivity index (χ1) is 18.7. The fourth-order valence-corrected chi connectivity index (χ4v) is 5.40. The molecule has 0 bridgehead atoms. The number of methoxy groups -OCH3 is 1. The van der Waals surface area contributed by atoms with Crippen LogP contribution >= 0.6 is 46.0 Å². The number of nitrogens with zero attached hydrogens (tertiary/aromatic N) is 1. The van der Waals surface area contributed by atoms with Crippen molar-refractivity contribution in [2.75, 3.05) is 19.0 Å². The van der Waals surface area contributed by atoms with E-state index in [2.05, 4.69) is 27.9 Å². The Kier molecular flexibility index (Phi) is 9.15. The number of anilines is 1. The summed E-state index contributed by atoms with van der Waals surface area (Å²) in [7, 11) is 1.47. The van der Waals surface area contributed by atoms with Crippen LogP contribution in [0.25, 0.3) is 6.08 Å². The van der Waals surface area contributed by atoms with E-state index in [9.17, 15) is 24.3 Å². The summed E-state index contributed by atoms with van der Waals surface area (Å²) in [6.07, 6.45) is 1.54. The Balaban J connectivity index is 1.47. The molecule has 0 unspecified atom stereocenters. The van der Waals surface area contributed by atoms with E-state index in [-0.39, 0.29) is 17.1 Å². The summed E-state index contributed by atoms with van der Waals surface area (Å²) in [6, 6.07) is 16.5. The molecule has 3 aromatic carbocycles. The van der Waals surface area contributed by atoms with Gasteiger partial charge in [0, 0.05) is 0 Å². The van der Waals surface area contributed by atoms with Crippen LogP contribution in [0.15, 0.2) is 65.6 Å². The van der Waals surface area contributed by atoms with Crippen LogP contribution in [0.5, 0.6) is 11.5 Å². The molecule has 0 aromatic heterocycles. The van der Waals surface area contributed by atoms with Crippen LogP contribution in [-0.4, -0.2) is 46.7 Å². The summed E-state index contributed by atoms with van der Waals surface area (Å²) in [4.78, 5) is 50.1. The second-order valence-corrected chi connectivity index (χ2v) is 10.7. The molecule has 0 radical (unpaired) electrons. The normalized spacial score (nSPS) is 14.0. The van der Waals surface area contributed by atoms with Gasteiger partial charge >= 0.3 is 5.97 Å². The highest BCUT2D eigenvalue weighted by atomic mass is 127. The van der Waals surface area contributed by atoms with Gasteiger partial charge in [0.1, 0.15) is 13.2 Å². The highest BCUT2D eigenvalue weighted by Crippen LogP contribution is 2.37. The second-order valence-electron chi connectivity index (χ2n) is 8.12. The zero-order valence-electron chi connectivity index (χ0n) is 20.3. The third kappa shape index (κ3) is 6.91. The Morgan fingerprint density at radius 1 is 1.13 bits per heavy atom. The van der Waals surface area contributed by atoms with Gasteiger partial charge in [0.25, 0.3) is 11.1 Å². The van der Waals surface area contributed by atoms with Crippen molar-refractivity contribution in [3.63, 3.8) is 0 Å². The molecular weight excluding hydrogens is 659 g/mol. The van der Waals surface area contributed by atoms with Crippen molar-refractivity contribution in [1.82, 2.24) is 4.90 Å². The molecule has 39 heavy (non-hydrogen) atoms. The second kappa shape index (κ2) is 12.5. The number of carboxylic acids is 1. The quantitative estimate of drug-likeness (QED) is 0.212. The van der Waals surface area contributed by atoms with Crippen molar-refractivity contribution in [3.8, 4) is 11.5 Å². The molecule has 0 saturated carbocycles. The molecule has 9 nitrogen and oxygen atoms in total. The van der Waals surface area contributed by atoms with Crippen LogP contribution in [0.3, 0.4) is 0 Å². The van der Waals surface area contributed by atoms with Gasteiger partial charge in [-0.2, -0.15) is 0 Å². The lowest BCUT2D eigenvalue weighted by Crippen LogP contribution is -2.36. The molecule has 0 atom stereocenters. The van der Waals surface area contributed by atoms with Gasteiger partial charge in [-0.15, -0.1) is 0 Å². The van der Waals surface area contributed by atoms with E-state index in [4.69, 9.17) is 21.1 Å². The highest BCUT2D eigenvalue weighted by molar-refractivity contribution is 14.1. The minimum absolute atomic E-state index is 0.113. The third-order valence-corrected chi connectivity index (χ3v) is 7.47. The van der Waals surface area contributed by atoms with Crippen LogP contribution < -0.4 is 14.8 Å². The van der Waals surface area contributed by atoms with Gasteiger partial charge in [-0.05, 0) is 88.0 Å². The monoisotopic (exact) mass is 678 g/mol. The summed E-state index contributed by atoms with van der Waals surface area (Å²) < 4.78 is 12.1. The molecule has 0 aliphatic carbocycles. The van der Waals surface area contributed by atoms with Gasteiger partial charge in [-0.1, -0.05) is 35.9 Å². The maximum Gasteiger partial charge on any atom is 0.335 e. The number of aromatic carboxylic acids is 1. The molecule has 3 amide bonds. The van der Waals surface area contributed by atoms with Crippen LogP contribution in [0.4, 0.5) is 10.5 Å². The van der Waals surface area contributed by atoms with Crippen LogP contribution in [0.1, 0.15) is 21.5 Å². The lowest BCUT2D eigenvalue weighted by atomic mass is 10.1. The van der Waals surface area contributed by atoms with E-state index in [0.717, 1.165) is 16.7 Å². The number of halogens is 2. The molecule has 4 rings (SSSR count). The summed E-state index contributed by atoms with van der Waals surface area (Å²) in [5.74, 6) is -1.34. The Hall–Kier alpha value is -3.55. The lowest BCUT2D eigenvalue weighted by Gasteiger charge is -2.14. The fraction of sp³-hybridized carbons (Fsp3) is 0.111. The summed E-state index contributed by atoms with van der Waals surface area (Å²) in [6.45, 7) is -0.341. The molecule has 1 aliphatic rings. The number of hydrogen-bond donors (Lipinski definition) is 2. The minimum Gasteiger partial charge on any atom is -0.493 e. The van der Waals surface area contributed by atoms with Gasteiger partial charge in [-0.3, -0.25) is 19.3 Å². The highest BCUT2D eigenvalue weighted by Gasteiger charge is 2.36. The predicted octanol–water partition coefficient (Wildman–Crippen LogP) is 5.91. The Morgan fingerprint density at radius 2 is 1.90 bits per heavy atom. The number of carboxylic acid groups (broad SMARTS) is 1. The molecule has 1 fully saturated rings. The maximum atomic E-state index is 12.9. The minimum atomic E-state index is -1.03. The van der Waals surface area contributed by atoms with E-state index >= 15 is 0 Å². The number of amides is 3. The first-order valence-electron chi connectivity index (χ1n) is 11.3. The van der Waals surface area contributed by atoms with Crippen molar-refractivity contribution in [3.05, 3.63) is 90.9 Å². The van der Waals surface area contributed by atoms with E-state index < -0.39 is 29.6 Å². The van der Waals surface area contributed by atoms with E-state index in [1.165, 1.54) is 19.2 Å². The van der Waals surface area contributed by atoms with Gasteiger partial charge < -0.3 is 19.9 Å². The number of nitrogens with one attached hydrogen (secondary N) is 1. The number of rotatable bonds is 9. The van der Waals surface area contributed by atoms with Crippen LogP contribution in [-0.2, 0) is 16.2 Å². The zero-order chi connectivity index (χ0) is 28.1. The molecular formula is C27H20ClIN2O7S. The molecule has 1 heterocycles. The summed E-state index contributed by atoms with van der Waals surface area (Å²) in [5, 5.41) is 11.6. The van der Waals surface area contributed by atoms with Crippen LogP contribution in [0, 0.1) is 3.57 Å². The van der Waals surface area contributed by atoms with Crippen molar-refractivity contribution >= 4 is 80.7 Å². The number of ether oxygens (including phenoxy) is 2. The number of para-hydroxylation sites is 1. The average molecular weight is 679 g/mol. The Morgan fingerprint density at radius 3 is 2.62 bits per heavy atom. The van der Waals surface area contributed by atoms with Crippen molar-refractivity contribution in [2.24, 2.45) is 0 Å². The molecule has 1 aliphatic heterocycles. The molecule has 0 spiro atoms. The Bertz CT molecular complexity index is 1510. The average Bonchev–Trinajstić information content (AvgIpc) is 3.16. The topological polar surface area (TPSA) is 122 Å². The first-order valence-corrected chi connectivity index (χ1v) is 13.6. The number of hydrogen-bond acceptors (Lipinski definition) is 7. The number of imide groups is 1. The standard InChI is InChI=1S/C27H20ClIN2O7S/c1-37-21-11-16(10-19(29)24(21)38-14-15-5-4-6-17(9-15)26(34)35)12-22-25(33)31(27(36)39-22)13-23(32)30-20-8-3-2-7-18(20)28/h2-12H,13-14H2,1H3,(H,30,32)(H,34,35)/b22-12+. The maximum absolute atomic E-state index is 12.9. The number of benzene rings is 3. The van der Waals surface area contributed by atoms with Gasteiger partial charge in [-0.25, -0.2) is 4.79 Å². The largest absolute Gasteiger partial charge is 0.493 e.